The van der Waals surface area contributed by atoms with Crippen molar-refractivity contribution in [2.75, 3.05) is 24.6 Å². The molecule has 0 saturated carbocycles. The zero-order valence-corrected chi connectivity index (χ0v) is 14.3. The van der Waals surface area contributed by atoms with Gasteiger partial charge in [0, 0.05) is 6.54 Å². The Balaban J connectivity index is 1.92. The van der Waals surface area contributed by atoms with E-state index >= 15 is 0 Å². The highest BCUT2D eigenvalue weighted by Crippen LogP contribution is 2.22. The summed E-state index contributed by atoms with van der Waals surface area (Å²) in [7, 11) is -3.06. The molecule has 128 valence electrons. The third-order valence-electron chi connectivity index (χ3n) is 4.05. The van der Waals surface area contributed by atoms with Crippen molar-refractivity contribution in [3.8, 4) is 0 Å². The second-order valence-electron chi connectivity index (χ2n) is 6.38. The van der Waals surface area contributed by atoms with E-state index in [2.05, 4.69) is 5.32 Å². The van der Waals surface area contributed by atoms with Crippen molar-refractivity contribution in [2.24, 2.45) is 0 Å². The van der Waals surface area contributed by atoms with Gasteiger partial charge in [-0.1, -0.05) is 19.1 Å². The van der Waals surface area contributed by atoms with Crippen molar-refractivity contribution in [2.45, 2.75) is 32.4 Å². The number of hydrogen-bond donors (Lipinski definition) is 1. The summed E-state index contributed by atoms with van der Waals surface area (Å²) in [5, 5.41) is 2.84. The molecule has 1 heterocycles. The maximum Gasteiger partial charge on any atom is 0.234 e. The van der Waals surface area contributed by atoms with Crippen molar-refractivity contribution < 1.29 is 17.6 Å². The number of nitrogens with zero attached hydrogens (tertiary/aromatic N) is 1. The van der Waals surface area contributed by atoms with Gasteiger partial charge in [-0.2, -0.15) is 0 Å². The first-order valence-electron chi connectivity index (χ1n) is 7.70. The van der Waals surface area contributed by atoms with Gasteiger partial charge in [0.05, 0.1) is 23.6 Å². The molecule has 1 unspecified atom stereocenters. The first-order valence-corrected chi connectivity index (χ1v) is 9.52. The first-order chi connectivity index (χ1) is 10.7. The fourth-order valence-corrected chi connectivity index (χ4v) is 4.95. The lowest BCUT2D eigenvalue weighted by Crippen LogP contribution is -2.50. The van der Waals surface area contributed by atoms with Gasteiger partial charge in [-0.15, -0.1) is 0 Å². The molecular formula is C16H23FN2O3S. The molecule has 0 aliphatic carbocycles. The number of halogens is 1. The number of nitrogens with one attached hydrogen (secondary N) is 1. The van der Waals surface area contributed by atoms with E-state index in [-0.39, 0.29) is 29.8 Å². The van der Waals surface area contributed by atoms with Crippen LogP contribution in [0, 0.1) is 5.82 Å². The summed E-state index contributed by atoms with van der Waals surface area (Å²) in [5.41, 5.74) is 0.114. The Morgan fingerprint density at radius 2 is 2.17 bits per heavy atom. The molecule has 1 aliphatic rings. The molecule has 2 rings (SSSR count). The molecular weight excluding hydrogens is 319 g/mol. The predicted molar refractivity (Wildman–Crippen MR) is 87.2 cm³/mol. The standard InChI is InChI=1S/C16H23FN2O3S/c1-3-19(10-13-5-4-6-14(17)9-13)11-15(20)18-16(2)7-8-23(21,22)12-16/h4-6,9H,3,7-8,10-12H2,1-2H3,(H,18,20). The van der Waals surface area contributed by atoms with Gasteiger partial charge in [-0.25, -0.2) is 12.8 Å². The molecule has 0 spiro atoms. The quantitative estimate of drug-likeness (QED) is 0.847. The largest absolute Gasteiger partial charge is 0.349 e. The molecule has 1 N–H and O–H groups in total. The van der Waals surface area contributed by atoms with Crippen molar-refractivity contribution in [1.29, 1.82) is 0 Å². The van der Waals surface area contributed by atoms with Crippen LogP contribution in [-0.2, 0) is 21.2 Å². The van der Waals surface area contributed by atoms with Crippen LogP contribution in [0.4, 0.5) is 4.39 Å². The average molecular weight is 342 g/mol. The van der Waals surface area contributed by atoms with Gasteiger partial charge < -0.3 is 5.32 Å². The number of hydrogen-bond acceptors (Lipinski definition) is 4. The summed E-state index contributed by atoms with van der Waals surface area (Å²) in [6.07, 6.45) is 0.442. The normalized spacial score (nSPS) is 23.1. The van der Waals surface area contributed by atoms with Gasteiger partial charge >= 0.3 is 0 Å². The van der Waals surface area contributed by atoms with E-state index in [4.69, 9.17) is 0 Å². The van der Waals surface area contributed by atoms with Gasteiger partial charge in [0.2, 0.25) is 5.91 Å². The van der Waals surface area contributed by atoms with E-state index in [1.165, 1.54) is 12.1 Å². The Hall–Kier alpha value is -1.47. The second-order valence-corrected chi connectivity index (χ2v) is 8.57. The van der Waals surface area contributed by atoms with E-state index in [1.807, 2.05) is 17.9 Å². The minimum atomic E-state index is -3.06. The van der Waals surface area contributed by atoms with Gasteiger partial charge in [0.1, 0.15) is 5.82 Å². The SMILES string of the molecule is CCN(CC(=O)NC1(C)CCS(=O)(=O)C1)Cc1cccc(F)c1. The second kappa shape index (κ2) is 6.97. The Kier molecular flexibility index (Phi) is 5.41. The molecule has 1 fully saturated rings. The highest BCUT2D eigenvalue weighted by molar-refractivity contribution is 7.91. The lowest BCUT2D eigenvalue weighted by Gasteiger charge is -2.26. The predicted octanol–water partition coefficient (Wildman–Crippen LogP) is 1.34. The van der Waals surface area contributed by atoms with Crippen molar-refractivity contribution >= 4 is 15.7 Å². The number of benzene rings is 1. The fourth-order valence-electron chi connectivity index (χ4n) is 2.86. The summed E-state index contributed by atoms with van der Waals surface area (Å²) in [4.78, 5) is 14.1. The molecule has 1 atom stereocenters. The zero-order chi connectivity index (χ0) is 17.1. The number of carbonyl (C=O) groups excluding carboxylic acids is 1. The minimum Gasteiger partial charge on any atom is -0.349 e. The molecule has 0 aromatic heterocycles. The molecule has 1 saturated heterocycles. The van der Waals surface area contributed by atoms with Crippen LogP contribution in [0.15, 0.2) is 24.3 Å². The van der Waals surface area contributed by atoms with E-state index in [1.54, 1.807) is 13.0 Å². The van der Waals surface area contributed by atoms with Gasteiger partial charge in [-0.05, 0) is 37.6 Å². The smallest absolute Gasteiger partial charge is 0.234 e. The fraction of sp³-hybridized carbons (Fsp3) is 0.562. The molecule has 0 radical (unpaired) electrons. The van der Waals surface area contributed by atoms with Crippen LogP contribution in [0.1, 0.15) is 25.8 Å². The van der Waals surface area contributed by atoms with E-state index < -0.39 is 15.4 Å². The van der Waals surface area contributed by atoms with Crippen molar-refractivity contribution in [3.63, 3.8) is 0 Å². The van der Waals surface area contributed by atoms with E-state index in [0.717, 1.165) is 5.56 Å². The van der Waals surface area contributed by atoms with Crippen LogP contribution in [0.5, 0.6) is 0 Å². The summed E-state index contributed by atoms with van der Waals surface area (Å²) < 4.78 is 36.4. The molecule has 1 aromatic carbocycles. The Morgan fingerprint density at radius 1 is 1.43 bits per heavy atom. The highest BCUT2D eigenvalue weighted by atomic mass is 32.2. The maximum atomic E-state index is 13.2. The van der Waals surface area contributed by atoms with E-state index in [9.17, 15) is 17.6 Å². The maximum absolute atomic E-state index is 13.2. The zero-order valence-electron chi connectivity index (χ0n) is 13.5. The number of carbonyl (C=O) groups is 1. The lowest BCUT2D eigenvalue weighted by atomic mass is 10.0. The average Bonchev–Trinajstić information content (AvgIpc) is 2.71. The van der Waals surface area contributed by atoms with Crippen LogP contribution < -0.4 is 5.32 Å². The summed E-state index contributed by atoms with van der Waals surface area (Å²) >= 11 is 0. The molecule has 1 aromatic rings. The minimum absolute atomic E-state index is 0.0121. The topological polar surface area (TPSA) is 66.5 Å². The Labute approximate surface area is 136 Å². The Bertz CT molecular complexity index is 678. The number of rotatable bonds is 6. The van der Waals surface area contributed by atoms with E-state index in [0.29, 0.717) is 19.5 Å². The summed E-state index contributed by atoms with van der Waals surface area (Å²) in [6, 6.07) is 6.29. The molecule has 5 nitrogen and oxygen atoms in total. The van der Waals surface area contributed by atoms with Gasteiger partial charge in [0.15, 0.2) is 9.84 Å². The first kappa shape index (κ1) is 17.9. The van der Waals surface area contributed by atoms with Crippen molar-refractivity contribution in [1.82, 2.24) is 10.2 Å². The summed E-state index contributed by atoms with van der Waals surface area (Å²) in [5.74, 6) is -0.402. The van der Waals surface area contributed by atoms with Crippen LogP contribution in [0.2, 0.25) is 0 Å². The molecule has 0 bridgehead atoms. The number of likely N-dealkylation sites (N-methyl/N-ethyl adjacent to an activating group) is 1. The molecule has 23 heavy (non-hydrogen) atoms. The Morgan fingerprint density at radius 3 is 2.74 bits per heavy atom. The van der Waals surface area contributed by atoms with Gasteiger partial charge in [-0.3, -0.25) is 9.69 Å². The van der Waals surface area contributed by atoms with Crippen LogP contribution in [0.25, 0.3) is 0 Å². The number of sulfone groups is 1. The van der Waals surface area contributed by atoms with Crippen LogP contribution in [0.3, 0.4) is 0 Å². The molecule has 1 aliphatic heterocycles. The van der Waals surface area contributed by atoms with Gasteiger partial charge in [0.25, 0.3) is 0 Å². The van der Waals surface area contributed by atoms with Crippen molar-refractivity contribution in [3.05, 3.63) is 35.6 Å². The third-order valence-corrected chi connectivity index (χ3v) is 5.96. The molecule has 7 heteroatoms. The van der Waals surface area contributed by atoms with Crippen LogP contribution in [-0.4, -0.2) is 49.4 Å². The highest BCUT2D eigenvalue weighted by Gasteiger charge is 2.39. The van der Waals surface area contributed by atoms with Crippen LogP contribution >= 0.6 is 0 Å². The monoisotopic (exact) mass is 342 g/mol. The number of amides is 1. The third kappa shape index (κ3) is 5.28. The summed E-state index contributed by atoms with van der Waals surface area (Å²) in [6.45, 7) is 4.95. The lowest BCUT2D eigenvalue weighted by molar-refractivity contribution is -0.123. The molecule has 1 amide bonds.